The zero-order valence-electron chi connectivity index (χ0n) is 11.4. The van der Waals surface area contributed by atoms with Crippen LogP contribution in [0.3, 0.4) is 0 Å². The van der Waals surface area contributed by atoms with Gasteiger partial charge in [-0.2, -0.15) is 0 Å². The van der Waals surface area contributed by atoms with Gasteiger partial charge < -0.3 is 0 Å². The summed E-state index contributed by atoms with van der Waals surface area (Å²) in [7, 11) is 0. The molecule has 18 heavy (non-hydrogen) atoms. The van der Waals surface area contributed by atoms with Gasteiger partial charge in [0.1, 0.15) is 5.82 Å². The summed E-state index contributed by atoms with van der Waals surface area (Å²) in [5.74, 6) is -0.146. The smallest absolute Gasteiger partial charge is 0.126 e. The molecule has 0 fully saturated rings. The highest BCUT2D eigenvalue weighted by molar-refractivity contribution is 5.64. The zero-order chi connectivity index (χ0) is 13.3. The minimum Gasteiger partial charge on any atom is -0.207 e. The van der Waals surface area contributed by atoms with Crippen LogP contribution < -0.4 is 0 Å². The second-order valence-electron chi connectivity index (χ2n) is 5.79. The predicted octanol–water partition coefficient (Wildman–Crippen LogP) is 5.10. The van der Waals surface area contributed by atoms with Gasteiger partial charge >= 0.3 is 0 Å². The van der Waals surface area contributed by atoms with E-state index in [4.69, 9.17) is 0 Å². The summed E-state index contributed by atoms with van der Waals surface area (Å²) in [6, 6.07) is 13.7. The van der Waals surface area contributed by atoms with Crippen molar-refractivity contribution in [2.75, 3.05) is 0 Å². The van der Waals surface area contributed by atoms with E-state index in [0.29, 0.717) is 5.56 Å². The molecule has 1 heteroatoms. The maximum atomic E-state index is 13.5. The molecule has 0 spiro atoms. The normalized spacial score (nSPS) is 11.6. The Morgan fingerprint density at radius 2 is 1.39 bits per heavy atom. The highest BCUT2D eigenvalue weighted by Crippen LogP contribution is 2.26. The lowest BCUT2D eigenvalue weighted by Crippen LogP contribution is -2.10. The quantitative estimate of drug-likeness (QED) is 0.652. The molecule has 0 amide bonds. The zero-order valence-corrected chi connectivity index (χ0v) is 11.4. The van der Waals surface area contributed by atoms with Gasteiger partial charge in [0.25, 0.3) is 0 Å². The molecule has 0 aliphatic rings. The summed E-state index contributed by atoms with van der Waals surface area (Å²) >= 11 is 0. The number of hydrogen-bond donors (Lipinski definition) is 0. The Kier molecular flexibility index (Phi) is 3.25. The molecule has 0 radical (unpaired) electrons. The van der Waals surface area contributed by atoms with Crippen molar-refractivity contribution in [3.8, 4) is 11.1 Å². The van der Waals surface area contributed by atoms with Crippen LogP contribution in [0, 0.1) is 12.7 Å². The van der Waals surface area contributed by atoms with Crippen molar-refractivity contribution in [1.29, 1.82) is 0 Å². The van der Waals surface area contributed by atoms with E-state index < -0.39 is 0 Å². The highest BCUT2D eigenvalue weighted by Gasteiger charge is 2.13. The molecule has 0 heterocycles. The van der Waals surface area contributed by atoms with Gasteiger partial charge in [0.15, 0.2) is 0 Å². The molecule has 0 unspecified atom stereocenters. The molecule has 2 aromatic rings. The van der Waals surface area contributed by atoms with Crippen molar-refractivity contribution in [3.05, 3.63) is 59.4 Å². The molecule has 0 N–H and O–H groups in total. The van der Waals surface area contributed by atoms with Gasteiger partial charge in [-0.1, -0.05) is 57.2 Å². The van der Waals surface area contributed by atoms with E-state index in [1.807, 2.05) is 12.1 Å². The minimum atomic E-state index is -0.146. The lowest BCUT2D eigenvalue weighted by atomic mass is 9.86. The molecule has 0 aromatic heterocycles. The lowest BCUT2D eigenvalue weighted by Gasteiger charge is -2.19. The molecule has 0 aliphatic heterocycles. The van der Waals surface area contributed by atoms with Crippen molar-refractivity contribution in [1.82, 2.24) is 0 Å². The fraction of sp³-hybridized carbons (Fsp3) is 0.294. The van der Waals surface area contributed by atoms with Crippen LogP contribution in [-0.2, 0) is 5.41 Å². The fourth-order valence-electron chi connectivity index (χ4n) is 1.94. The monoisotopic (exact) mass is 242 g/mol. The van der Waals surface area contributed by atoms with E-state index in [1.54, 1.807) is 13.0 Å². The van der Waals surface area contributed by atoms with E-state index in [2.05, 4.69) is 45.0 Å². The van der Waals surface area contributed by atoms with Crippen LogP contribution in [0.4, 0.5) is 4.39 Å². The third kappa shape index (κ3) is 2.61. The first-order valence-corrected chi connectivity index (χ1v) is 6.25. The first-order valence-electron chi connectivity index (χ1n) is 6.25. The van der Waals surface area contributed by atoms with Gasteiger partial charge in [-0.15, -0.1) is 0 Å². The standard InChI is InChI=1S/C17H19F/c1-12-5-6-14(11-16(12)18)13-7-9-15(10-8-13)17(2,3)4/h5-11H,1-4H3. The molecule has 0 saturated heterocycles. The Morgan fingerprint density at radius 3 is 1.89 bits per heavy atom. The van der Waals surface area contributed by atoms with E-state index in [9.17, 15) is 4.39 Å². The van der Waals surface area contributed by atoms with E-state index in [1.165, 1.54) is 5.56 Å². The number of benzene rings is 2. The Balaban J connectivity index is 2.37. The fourth-order valence-corrected chi connectivity index (χ4v) is 1.94. The molecule has 2 aromatic carbocycles. The number of aryl methyl sites for hydroxylation is 1. The summed E-state index contributed by atoms with van der Waals surface area (Å²) < 4.78 is 13.5. The molecule has 0 saturated carbocycles. The molecule has 0 aliphatic carbocycles. The van der Waals surface area contributed by atoms with E-state index in [-0.39, 0.29) is 11.2 Å². The summed E-state index contributed by atoms with van der Waals surface area (Å²) in [5, 5.41) is 0. The molecule has 0 atom stereocenters. The maximum absolute atomic E-state index is 13.5. The van der Waals surface area contributed by atoms with Gasteiger partial charge in [0.05, 0.1) is 0 Å². The second-order valence-corrected chi connectivity index (χ2v) is 5.79. The van der Waals surface area contributed by atoms with Crippen LogP contribution in [0.5, 0.6) is 0 Å². The Labute approximate surface area is 108 Å². The van der Waals surface area contributed by atoms with Crippen LogP contribution in [0.25, 0.3) is 11.1 Å². The lowest BCUT2D eigenvalue weighted by molar-refractivity contribution is 0.590. The Morgan fingerprint density at radius 1 is 0.833 bits per heavy atom. The largest absolute Gasteiger partial charge is 0.207 e. The molecule has 0 nitrogen and oxygen atoms in total. The molecular formula is C17H19F. The second kappa shape index (κ2) is 4.56. The topological polar surface area (TPSA) is 0 Å². The van der Waals surface area contributed by atoms with E-state index >= 15 is 0 Å². The van der Waals surface area contributed by atoms with Crippen LogP contribution in [0.15, 0.2) is 42.5 Å². The van der Waals surface area contributed by atoms with Crippen molar-refractivity contribution in [3.63, 3.8) is 0 Å². The van der Waals surface area contributed by atoms with Crippen molar-refractivity contribution < 1.29 is 4.39 Å². The summed E-state index contributed by atoms with van der Waals surface area (Å²) in [5.41, 5.74) is 4.11. The molecule has 94 valence electrons. The van der Waals surface area contributed by atoms with Crippen LogP contribution in [0.2, 0.25) is 0 Å². The average Bonchev–Trinajstić information content (AvgIpc) is 2.32. The van der Waals surface area contributed by atoms with Crippen molar-refractivity contribution in [2.45, 2.75) is 33.1 Å². The SMILES string of the molecule is Cc1ccc(-c2ccc(C(C)(C)C)cc2)cc1F. The van der Waals surface area contributed by atoms with Crippen molar-refractivity contribution >= 4 is 0 Å². The van der Waals surface area contributed by atoms with Crippen molar-refractivity contribution in [2.24, 2.45) is 0 Å². The molecule has 2 rings (SSSR count). The number of hydrogen-bond acceptors (Lipinski definition) is 0. The molecule has 0 bridgehead atoms. The Bertz CT molecular complexity index is 545. The number of halogens is 1. The van der Waals surface area contributed by atoms with Crippen LogP contribution >= 0.6 is 0 Å². The van der Waals surface area contributed by atoms with Gasteiger partial charge in [-0.05, 0) is 40.7 Å². The molecular weight excluding hydrogens is 223 g/mol. The average molecular weight is 242 g/mol. The van der Waals surface area contributed by atoms with Crippen LogP contribution in [-0.4, -0.2) is 0 Å². The van der Waals surface area contributed by atoms with Crippen LogP contribution in [0.1, 0.15) is 31.9 Å². The highest BCUT2D eigenvalue weighted by atomic mass is 19.1. The van der Waals surface area contributed by atoms with Gasteiger partial charge in [-0.3, -0.25) is 0 Å². The third-order valence-corrected chi connectivity index (χ3v) is 3.26. The van der Waals surface area contributed by atoms with Gasteiger partial charge in [0.2, 0.25) is 0 Å². The predicted molar refractivity (Wildman–Crippen MR) is 75.3 cm³/mol. The first kappa shape index (κ1) is 12.8. The maximum Gasteiger partial charge on any atom is 0.126 e. The minimum absolute atomic E-state index is 0.146. The number of rotatable bonds is 1. The summed E-state index contributed by atoms with van der Waals surface area (Å²) in [6.45, 7) is 8.34. The van der Waals surface area contributed by atoms with Gasteiger partial charge in [0, 0.05) is 0 Å². The third-order valence-electron chi connectivity index (χ3n) is 3.26. The Hall–Kier alpha value is -1.63. The summed E-state index contributed by atoms with van der Waals surface area (Å²) in [4.78, 5) is 0. The summed E-state index contributed by atoms with van der Waals surface area (Å²) in [6.07, 6.45) is 0. The van der Waals surface area contributed by atoms with E-state index in [0.717, 1.165) is 11.1 Å². The van der Waals surface area contributed by atoms with Gasteiger partial charge in [-0.25, -0.2) is 4.39 Å². The first-order chi connectivity index (χ1) is 8.38.